The molecule has 0 saturated heterocycles. The summed E-state index contributed by atoms with van der Waals surface area (Å²) in [5, 5.41) is 0. The summed E-state index contributed by atoms with van der Waals surface area (Å²) in [4.78, 5) is 12.3. The van der Waals surface area contributed by atoms with Crippen molar-refractivity contribution in [1.29, 1.82) is 0 Å². The molecule has 2 aromatic carbocycles. The molecule has 19 heavy (non-hydrogen) atoms. The van der Waals surface area contributed by atoms with Crippen LogP contribution in [0.4, 0.5) is 4.39 Å². The van der Waals surface area contributed by atoms with E-state index in [1.54, 1.807) is 6.92 Å². The Morgan fingerprint density at radius 2 is 1.84 bits per heavy atom. The van der Waals surface area contributed by atoms with Crippen molar-refractivity contribution in [2.75, 3.05) is 0 Å². The van der Waals surface area contributed by atoms with Gasteiger partial charge in [-0.1, -0.05) is 24.3 Å². The highest BCUT2D eigenvalue weighted by Gasteiger charge is 2.12. The normalized spacial score (nSPS) is 10.5. The molecule has 0 aliphatic carbocycles. The third-order valence-corrected chi connectivity index (χ3v) is 3.18. The summed E-state index contributed by atoms with van der Waals surface area (Å²) < 4.78 is 13.0. The highest BCUT2D eigenvalue weighted by molar-refractivity contribution is 5.98. The van der Waals surface area contributed by atoms with Crippen molar-refractivity contribution < 1.29 is 9.18 Å². The molecule has 2 rings (SSSR count). The van der Waals surface area contributed by atoms with Gasteiger partial charge < -0.3 is 5.73 Å². The first-order chi connectivity index (χ1) is 9.11. The molecule has 0 heterocycles. The van der Waals surface area contributed by atoms with Gasteiger partial charge in [-0.3, -0.25) is 4.79 Å². The Morgan fingerprint density at radius 3 is 2.47 bits per heavy atom. The van der Waals surface area contributed by atoms with E-state index in [1.807, 2.05) is 24.3 Å². The number of carbonyl (C=O) groups is 1. The zero-order valence-corrected chi connectivity index (χ0v) is 10.8. The van der Waals surface area contributed by atoms with Gasteiger partial charge >= 0.3 is 0 Å². The molecule has 0 saturated carbocycles. The van der Waals surface area contributed by atoms with Crippen molar-refractivity contribution in [2.45, 2.75) is 19.9 Å². The van der Waals surface area contributed by atoms with Gasteiger partial charge in [-0.25, -0.2) is 4.39 Å². The first-order valence-electron chi connectivity index (χ1n) is 6.18. The molecule has 2 nitrogen and oxygen atoms in total. The van der Waals surface area contributed by atoms with E-state index in [2.05, 4.69) is 0 Å². The lowest BCUT2D eigenvalue weighted by Crippen LogP contribution is -2.09. The highest BCUT2D eigenvalue weighted by atomic mass is 19.1. The molecule has 0 aromatic heterocycles. The molecule has 0 bridgehead atoms. The van der Waals surface area contributed by atoms with E-state index in [-0.39, 0.29) is 11.6 Å². The summed E-state index contributed by atoms with van der Waals surface area (Å²) in [7, 11) is 0. The van der Waals surface area contributed by atoms with E-state index in [9.17, 15) is 9.18 Å². The number of hydrogen-bond acceptors (Lipinski definition) is 2. The predicted molar refractivity (Wildman–Crippen MR) is 73.5 cm³/mol. The molecule has 0 aliphatic rings. The van der Waals surface area contributed by atoms with Crippen molar-refractivity contribution in [1.82, 2.24) is 0 Å². The average molecular weight is 257 g/mol. The molecule has 2 N–H and O–H groups in total. The second kappa shape index (κ2) is 5.76. The Morgan fingerprint density at radius 1 is 1.16 bits per heavy atom. The Balaban J connectivity index is 2.26. The molecule has 0 amide bonds. The second-order valence-electron chi connectivity index (χ2n) is 4.53. The summed E-state index contributed by atoms with van der Waals surface area (Å²) in [6.45, 7) is 2.15. The molecule has 3 heteroatoms. The largest absolute Gasteiger partial charge is 0.326 e. The third kappa shape index (κ3) is 3.06. The summed E-state index contributed by atoms with van der Waals surface area (Å²) in [5.74, 6) is -0.338. The van der Waals surface area contributed by atoms with Crippen molar-refractivity contribution in [3.63, 3.8) is 0 Å². The Kier molecular flexibility index (Phi) is 4.07. The fourth-order valence-corrected chi connectivity index (χ4v) is 2.14. The molecule has 2 aromatic rings. The topological polar surface area (TPSA) is 43.1 Å². The summed E-state index contributed by atoms with van der Waals surface area (Å²) in [5.41, 5.74) is 8.78. The zero-order valence-electron chi connectivity index (χ0n) is 10.8. The fourth-order valence-electron chi connectivity index (χ4n) is 2.14. The van der Waals surface area contributed by atoms with Crippen molar-refractivity contribution in [3.8, 4) is 0 Å². The molecule has 0 radical (unpaired) electrons. The standard InChI is InChI=1S/C16H16FNO/c1-11-8-14(17)6-7-15(11)16(19)9-12-4-2-3-5-13(12)10-18/h2-8H,9-10,18H2,1H3. The Bertz CT molecular complexity index is 607. The van der Waals surface area contributed by atoms with Crippen molar-refractivity contribution in [3.05, 3.63) is 70.5 Å². The van der Waals surface area contributed by atoms with Crippen LogP contribution in [0.2, 0.25) is 0 Å². The maximum Gasteiger partial charge on any atom is 0.167 e. The van der Waals surface area contributed by atoms with Crippen molar-refractivity contribution >= 4 is 5.78 Å². The minimum atomic E-state index is -0.323. The van der Waals surface area contributed by atoms with E-state index in [1.165, 1.54) is 18.2 Å². The molecule has 0 fully saturated rings. The SMILES string of the molecule is Cc1cc(F)ccc1C(=O)Cc1ccccc1CN. The Labute approximate surface area is 112 Å². The van der Waals surface area contributed by atoms with Gasteiger partial charge in [0.15, 0.2) is 5.78 Å². The molecular weight excluding hydrogens is 241 g/mol. The number of aryl methyl sites for hydroxylation is 1. The van der Waals surface area contributed by atoms with Gasteiger partial charge in [0, 0.05) is 18.5 Å². The van der Waals surface area contributed by atoms with Crippen LogP contribution in [0.25, 0.3) is 0 Å². The van der Waals surface area contributed by atoms with Gasteiger partial charge in [0.25, 0.3) is 0 Å². The molecule has 0 aliphatic heterocycles. The van der Waals surface area contributed by atoms with Crippen LogP contribution in [-0.2, 0) is 13.0 Å². The Hall–Kier alpha value is -2.00. The van der Waals surface area contributed by atoms with E-state index < -0.39 is 0 Å². The van der Waals surface area contributed by atoms with Crippen LogP contribution in [0, 0.1) is 12.7 Å². The van der Waals surface area contributed by atoms with Crippen LogP contribution in [0.1, 0.15) is 27.0 Å². The first kappa shape index (κ1) is 13.4. The number of carbonyl (C=O) groups excluding carboxylic acids is 1. The summed E-state index contributed by atoms with van der Waals surface area (Å²) in [6.07, 6.45) is 0.292. The zero-order chi connectivity index (χ0) is 13.8. The average Bonchev–Trinajstić information content (AvgIpc) is 2.39. The maximum absolute atomic E-state index is 13.0. The van der Waals surface area contributed by atoms with Gasteiger partial charge in [0.05, 0.1) is 0 Å². The first-order valence-corrected chi connectivity index (χ1v) is 6.18. The number of hydrogen-bond donors (Lipinski definition) is 1. The van der Waals surface area contributed by atoms with Crippen LogP contribution >= 0.6 is 0 Å². The van der Waals surface area contributed by atoms with Crippen LogP contribution in [0.3, 0.4) is 0 Å². The second-order valence-corrected chi connectivity index (χ2v) is 4.53. The fraction of sp³-hybridized carbons (Fsp3) is 0.188. The van der Waals surface area contributed by atoms with E-state index in [0.717, 1.165) is 11.1 Å². The lowest BCUT2D eigenvalue weighted by Gasteiger charge is -2.08. The number of nitrogens with two attached hydrogens (primary N) is 1. The van der Waals surface area contributed by atoms with Crippen LogP contribution in [0.15, 0.2) is 42.5 Å². The molecule has 98 valence electrons. The predicted octanol–water partition coefficient (Wildman–Crippen LogP) is 3.02. The minimum Gasteiger partial charge on any atom is -0.326 e. The van der Waals surface area contributed by atoms with Crippen LogP contribution in [0.5, 0.6) is 0 Å². The molecule has 0 atom stereocenters. The third-order valence-electron chi connectivity index (χ3n) is 3.18. The van der Waals surface area contributed by atoms with Gasteiger partial charge in [0.1, 0.15) is 5.82 Å². The smallest absolute Gasteiger partial charge is 0.167 e. The number of benzene rings is 2. The van der Waals surface area contributed by atoms with Crippen LogP contribution in [-0.4, -0.2) is 5.78 Å². The van der Waals surface area contributed by atoms with Crippen LogP contribution < -0.4 is 5.73 Å². The quantitative estimate of drug-likeness (QED) is 0.855. The lowest BCUT2D eigenvalue weighted by molar-refractivity contribution is 0.0992. The number of ketones is 1. The van der Waals surface area contributed by atoms with Gasteiger partial charge in [-0.05, 0) is 41.8 Å². The van der Waals surface area contributed by atoms with E-state index in [0.29, 0.717) is 24.1 Å². The molecule has 0 spiro atoms. The molecule has 0 unspecified atom stereocenters. The number of rotatable bonds is 4. The van der Waals surface area contributed by atoms with Gasteiger partial charge in [-0.2, -0.15) is 0 Å². The van der Waals surface area contributed by atoms with Gasteiger partial charge in [0.2, 0.25) is 0 Å². The van der Waals surface area contributed by atoms with Crippen molar-refractivity contribution in [2.24, 2.45) is 5.73 Å². The van der Waals surface area contributed by atoms with E-state index in [4.69, 9.17) is 5.73 Å². The number of Topliss-reactive ketones (excluding diaryl/α,β-unsaturated/α-hetero) is 1. The summed E-state index contributed by atoms with van der Waals surface area (Å²) in [6, 6.07) is 11.8. The lowest BCUT2D eigenvalue weighted by atomic mass is 9.96. The molecular formula is C16H16FNO. The highest BCUT2D eigenvalue weighted by Crippen LogP contribution is 2.16. The maximum atomic E-state index is 13.0. The monoisotopic (exact) mass is 257 g/mol. The minimum absolute atomic E-state index is 0.0154. The summed E-state index contributed by atoms with van der Waals surface area (Å²) >= 11 is 0. The van der Waals surface area contributed by atoms with E-state index >= 15 is 0 Å². The number of halogens is 1. The van der Waals surface area contributed by atoms with Gasteiger partial charge in [-0.15, -0.1) is 0 Å².